The highest BCUT2D eigenvalue weighted by Gasteiger charge is 2.19. The third-order valence-electron chi connectivity index (χ3n) is 4.19. The van der Waals surface area contributed by atoms with Crippen molar-refractivity contribution in [3.63, 3.8) is 0 Å². The van der Waals surface area contributed by atoms with Crippen LogP contribution in [0.15, 0.2) is 59.6 Å². The van der Waals surface area contributed by atoms with Crippen molar-refractivity contribution >= 4 is 21.6 Å². The van der Waals surface area contributed by atoms with Gasteiger partial charge in [0.2, 0.25) is 10.0 Å². The Labute approximate surface area is 163 Å². The maximum absolute atomic E-state index is 12.5. The molecule has 0 aliphatic heterocycles. The van der Waals surface area contributed by atoms with Gasteiger partial charge in [-0.25, -0.2) is 17.4 Å². The van der Waals surface area contributed by atoms with Gasteiger partial charge in [0.25, 0.3) is 5.91 Å². The van der Waals surface area contributed by atoms with Gasteiger partial charge in [-0.2, -0.15) is 0 Å². The van der Waals surface area contributed by atoms with Gasteiger partial charge in [0.1, 0.15) is 0 Å². The topological polar surface area (TPSA) is 97.2 Å². The number of hydrogen-bond donors (Lipinski definition) is 1. The molecule has 9 heteroatoms. The van der Waals surface area contributed by atoms with Gasteiger partial charge in [-0.05, 0) is 30.2 Å². The highest BCUT2D eigenvalue weighted by Crippen LogP contribution is 2.22. The van der Waals surface area contributed by atoms with Crippen LogP contribution in [-0.2, 0) is 16.6 Å². The van der Waals surface area contributed by atoms with Gasteiger partial charge in [-0.1, -0.05) is 41.6 Å². The predicted octanol–water partition coefficient (Wildman–Crippen LogP) is 2.14. The molecule has 1 aromatic heterocycles. The van der Waals surface area contributed by atoms with Crippen LogP contribution in [-0.4, -0.2) is 47.7 Å². The lowest BCUT2D eigenvalue weighted by Crippen LogP contribution is -2.22. The fourth-order valence-corrected chi connectivity index (χ4v) is 3.47. The van der Waals surface area contributed by atoms with Crippen LogP contribution in [0, 0.1) is 6.92 Å². The molecule has 0 fully saturated rings. The summed E-state index contributed by atoms with van der Waals surface area (Å²) in [4.78, 5) is 12.6. The number of anilines is 1. The van der Waals surface area contributed by atoms with E-state index in [0.717, 1.165) is 15.4 Å². The number of benzene rings is 2. The molecule has 3 rings (SSSR count). The van der Waals surface area contributed by atoms with Crippen molar-refractivity contribution < 1.29 is 13.2 Å². The molecule has 146 valence electrons. The standard InChI is InChI=1S/C19H21N5O3S/c1-14-9-10-16(28(26,27)23(2)3)11-17(14)20-19(25)18-13-24(22-21-18)12-15-7-5-4-6-8-15/h4-11,13H,12H2,1-3H3,(H,20,25). The number of sulfonamides is 1. The molecular formula is C19H21N5O3S. The number of amides is 1. The second kappa shape index (κ2) is 7.91. The van der Waals surface area contributed by atoms with Gasteiger partial charge >= 0.3 is 0 Å². The molecule has 0 aliphatic carbocycles. The second-order valence-corrected chi connectivity index (χ2v) is 8.66. The molecule has 2 aromatic carbocycles. The van der Waals surface area contributed by atoms with Gasteiger partial charge in [-0.15, -0.1) is 5.10 Å². The molecule has 28 heavy (non-hydrogen) atoms. The molecule has 1 N–H and O–H groups in total. The fourth-order valence-electron chi connectivity index (χ4n) is 2.54. The zero-order chi connectivity index (χ0) is 20.3. The second-order valence-electron chi connectivity index (χ2n) is 6.51. The van der Waals surface area contributed by atoms with Crippen molar-refractivity contribution in [1.82, 2.24) is 19.3 Å². The Bertz CT molecular complexity index is 1090. The molecule has 1 amide bonds. The molecule has 3 aromatic rings. The summed E-state index contributed by atoms with van der Waals surface area (Å²) in [5.41, 5.74) is 2.33. The number of carbonyl (C=O) groups is 1. The van der Waals surface area contributed by atoms with E-state index in [9.17, 15) is 13.2 Å². The molecule has 0 aliphatic rings. The van der Waals surface area contributed by atoms with E-state index in [0.29, 0.717) is 12.2 Å². The Balaban J connectivity index is 1.78. The first-order valence-electron chi connectivity index (χ1n) is 8.56. The van der Waals surface area contributed by atoms with E-state index in [4.69, 9.17) is 0 Å². The van der Waals surface area contributed by atoms with Gasteiger partial charge in [0, 0.05) is 19.8 Å². The van der Waals surface area contributed by atoms with Crippen LogP contribution in [0.25, 0.3) is 0 Å². The number of aryl methyl sites for hydroxylation is 1. The fraction of sp³-hybridized carbons (Fsp3) is 0.211. The minimum atomic E-state index is -3.60. The van der Waals surface area contributed by atoms with Crippen molar-refractivity contribution in [2.75, 3.05) is 19.4 Å². The molecule has 1 heterocycles. The number of nitrogens with one attached hydrogen (secondary N) is 1. The Kier molecular flexibility index (Phi) is 5.57. The minimum absolute atomic E-state index is 0.103. The Morgan fingerprint density at radius 2 is 1.86 bits per heavy atom. The Hall–Kier alpha value is -3.04. The number of rotatable bonds is 6. The van der Waals surface area contributed by atoms with Crippen molar-refractivity contribution in [3.8, 4) is 0 Å². The lowest BCUT2D eigenvalue weighted by molar-refractivity contribution is 0.102. The summed E-state index contributed by atoms with van der Waals surface area (Å²) < 4.78 is 27.3. The van der Waals surface area contributed by atoms with Crippen LogP contribution < -0.4 is 5.32 Å². The minimum Gasteiger partial charge on any atom is -0.320 e. The van der Waals surface area contributed by atoms with E-state index >= 15 is 0 Å². The summed E-state index contributed by atoms with van der Waals surface area (Å²) in [5.74, 6) is -0.457. The summed E-state index contributed by atoms with van der Waals surface area (Å²) >= 11 is 0. The van der Waals surface area contributed by atoms with E-state index in [2.05, 4.69) is 15.6 Å². The van der Waals surface area contributed by atoms with Crippen LogP contribution in [0.1, 0.15) is 21.6 Å². The van der Waals surface area contributed by atoms with E-state index in [1.54, 1.807) is 23.9 Å². The van der Waals surface area contributed by atoms with Crippen molar-refractivity contribution in [3.05, 3.63) is 71.5 Å². The van der Waals surface area contributed by atoms with E-state index in [1.807, 2.05) is 30.3 Å². The van der Waals surface area contributed by atoms with Crippen molar-refractivity contribution in [2.24, 2.45) is 0 Å². The third-order valence-corrected chi connectivity index (χ3v) is 6.01. The Morgan fingerprint density at radius 3 is 2.54 bits per heavy atom. The Morgan fingerprint density at radius 1 is 1.14 bits per heavy atom. The first kappa shape index (κ1) is 19.7. The highest BCUT2D eigenvalue weighted by molar-refractivity contribution is 7.89. The first-order valence-corrected chi connectivity index (χ1v) is 10.00. The zero-order valence-corrected chi connectivity index (χ0v) is 16.6. The van der Waals surface area contributed by atoms with Gasteiger partial charge < -0.3 is 5.32 Å². The number of aromatic nitrogens is 3. The lowest BCUT2D eigenvalue weighted by Gasteiger charge is -2.14. The maximum Gasteiger partial charge on any atom is 0.277 e. The van der Waals surface area contributed by atoms with Crippen LogP contribution in [0.3, 0.4) is 0 Å². The lowest BCUT2D eigenvalue weighted by atomic mass is 10.2. The first-order chi connectivity index (χ1) is 13.3. The number of carbonyl (C=O) groups excluding carboxylic acids is 1. The van der Waals surface area contributed by atoms with Gasteiger partial charge in [0.15, 0.2) is 5.69 Å². The van der Waals surface area contributed by atoms with E-state index < -0.39 is 15.9 Å². The molecular weight excluding hydrogens is 378 g/mol. The zero-order valence-electron chi connectivity index (χ0n) is 15.8. The normalized spacial score (nSPS) is 11.6. The largest absolute Gasteiger partial charge is 0.320 e. The van der Waals surface area contributed by atoms with E-state index in [1.165, 1.54) is 26.2 Å². The SMILES string of the molecule is Cc1ccc(S(=O)(=O)N(C)C)cc1NC(=O)c1cn(Cc2ccccc2)nn1. The van der Waals surface area contributed by atoms with Crippen molar-refractivity contribution in [1.29, 1.82) is 0 Å². The summed E-state index contributed by atoms with van der Waals surface area (Å²) in [6.07, 6.45) is 1.55. The maximum atomic E-state index is 12.5. The van der Waals surface area contributed by atoms with Gasteiger partial charge in [0.05, 0.1) is 17.6 Å². The van der Waals surface area contributed by atoms with Crippen LogP contribution in [0.2, 0.25) is 0 Å². The molecule has 0 unspecified atom stereocenters. The molecule has 0 atom stereocenters. The van der Waals surface area contributed by atoms with Crippen LogP contribution >= 0.6 is 0 Å². The monoisotopic (exact) mass is 399 g/mol. The summed E-state index contributed by atoms with van der Waals surface area (Å²) in [6, 6.07) is 14.3. The average molecular weight is 399 g/mol. The van der Waals surface area contributed by atoms with Crippen LogP contribution in [0.5, 0.6) is 0 Å². The number of nitrogens with zero attached hydrogens (tertiary/aromatic N) is 4. The summed E-state index contributed by atoms with van der Waals surface area (Å²) in [5, 5.41) is 10.6. The number of hydrogen-bond acceptors (Lipinski definition) is 5. The smallest absolute Gasteiger partial charge is 0.277 e. The van der Waals surface area contributed by atoms with Crippen molar-refractivity contribution in [2.45, 2.75) is 18.4 Å². The molecule has 0 saturated heterocycles. The molecule has 8 nitrogen and oxygen atoms in total. The summed E-state index contributed by atoms with van der Waals surface area (Å²) in [6.45, 7) is 2.28. The molecule has 0 radical (unpaired) electrons. The molecule has 0 saturated carbocycles. The molecule has 0 bridgehead atoms. The average Bonchev–Trinajstić information content (AvgIpc) is 3.12. The predicted molar refractivity (Wildman–Crippen MR) is 106 cm³/mol. The third kappa shape index (κ3) is 4.26. The van der Waals surface area contributed by atoms with E-state index in [-0.39, 0.29) is 10.6 Å². The quantitative estimate of drug-likeness (QED) is 0.685. The van der Waals surface area contributed by atoms with Crippen LogP contribution in [0.4, 0.5) is 5.69 Å². The molecule has 0 spiro atoms. The van der Waals surface area contributed by atoms with Gasteiger partial charge in [-0.3, -0.25) is 4.79 Å². The highest BCUT2D eigenvalue weighted by atomic mass is 32.2. The summed E-state index contributed by atoms with van der Waals surface area (Å²) in [7, 11) is -0.683.